The Labute approximate surface area is 146 Å². The Morgan fingerprint density at radius 3 is 2.52 bits per heavy atom. The van der Waals surface area contributed by atoms with Crippen LogP contribution in [-0.2, 0) is 5.60 Å². The third-order valence-electron chi connectivity index (χ3n) is 5.67. The van der Waals surface area contributed by atoms with E-state index in [0.717, 1.165) is 25.9 Å². The van der Waals surface area contributed by atoms with Gasteiger partial charge >= 0.3 is 0 Å². The molecule has 0 atom stereocenters. The number of nitrogens with one attached hydrogen (secondary N) is 1. The van der Waals surface area contributed by atoms with Gasteiger partial charge in [0.2, 0.25) is 0 Å². The SMILES string of the molecule is CC(C)(O)c1ccc2[nH]c(=O)c(C#N)c(N3CCC4(CC3)CC4)c2n1. The Balaban J connectivity index is 1.89. The lowest BCUT2D eigenvalue weighted by Gasteiger charge is -2.34. The molecule has 0 radical (unpaired) electrons. The van der Waals surface area contributed by atoms with E-state index < -0.39 is 5.60 Å². The first-order valence-corrected chi connectivity index (χ1v) is 8.78. The number of fused-ring (bicyclic) bond motifs is 1. The molecule has 2 aromatic heterocycles. The van der Waals surface area contributed by atoms with Gasteiger partial charge in [0.15, 0.2) is 0 Å². The van der Waals surface area contributed by atoms with Crippen LogP contribution in [0.25, 0.3) is 11.0 Å². The maximum absolute atomic E-state index is 12.4. The number of anilines is 1. The summed E-state index contributed by atoms with van der Waals surface area (Å²) < 4.78 is 0. The van der Waals surface area contributed by atoms with Crippen LogP contribution in [0.5, 0.6) is 0 Å². The molecular formula is C19H22N4O2. The third-order valence-corrected chi connectivity index (χ3v) is 5.67. The molecule has 2 aliphatic rings. The van der Waals surface area contributed by atoms with E-state index in [0.29, 0.717) is 27.8 Å². The van der Waals surface area contributed by atoms with Gasteiger partial charge in [0.05, 0.1) is 16.9 Å². The topological polar surface area (TPSA) is 93.0 Å². The number of aromatic nitrogens is 2. The summed E-state index contributed by atoms with van der Waals surface area (Å²) in [6, 6.07) is 5.53. The number of rotatable bonds is 2. The maximum atomic E-state index is 12.4. The van der Waals surface area contributed by atoms with Gasteiger partial charge in [-0.3, -0.25) is 4.79 Å². The van der Waals surface area contributed by atoms with Gasteiger partial charge in [-0.15, -0.1) is 0 Å². The van der Waals surface area contributed by atoms with Crippen LogP contribution < -0.4 is 10.5 Å². The third kappa shape index (κ3) is 2.69. The molecular weight excluding hydrogens is 316 g/mol. The van der Waals surface area contributed by atoms with Gasteiger partial charge in [-0.05, 0) is 57.1 Å². The van der Waals surface area contributed by atoms with Crippen molar-refractivity contribution in [1.29, 1.82) is 5.26 Å². The second-order valence-corrected chi connectivity index (χ2v) is 7.93. The Hall–Kier alpha value is -2.39. The van der Waals surface area contributed by atoms with Crippen molar-refractivity contribution in [3.63, 3.8) is 0 Å². The second kappa shape index (κ2) is 5.30. The van der Waals surface area contributed by atoms with E-state index in [-0.39, 0.29) is 11.1 Å². The zero-order valence-corrected chi connectivity index (χ0v) is 14.6. The van der Waals surface area contributed by atoms with Crippen molar-refractivity contribution in [3.05, 3.63) is 33.7 Å². The fourth-order valence-corrected chi connectivity index (χ4v) is 3.79. The first kappa shape index (κ1) is 16.1. The molecule has 1 saturated carbocycles. The highest BCUT2D eigenvalue weighted by atomic mass is 16.3. The molecule has 2 aromatic rings. The summed E-state index contributed by atoms with van der Waals surface area (Å²) in [6.45, 7) is 5.02. The maximum Gasteiger partial charge on any atom is 0.268 e. The van der Waals surface area contributed by atoms with Crippen molar-refractivity contribution >= 4 is 16.7 Å². The van der Waals surface area contributed by atoms with Crippen LogP contribution in [0.2, 0.25) is 0 Å². The molecule has 1 saturated heterocycles. The van der Waals surface area contributed by atoms with Gasteiger partial charge in [-0.2, -0.15) is 5.26 Å². The van der Waals surface area contributed by atoms with Gasteiger partial charge in [0.1, 0.15) is 22.8 Å². The highest BCUT2D eigenvalue weighted by Crippen LogP contribution is 2.54. The molecule has 1 spiro atoms. The monoisotopic (exact) mass is 338 g/mol. The van der Waals surface area contributed by atoms with Crippen molar-refractivity contribution in [2.45, 2.75) is 45.1 Å². The Bertz CT molecular complexity index is 935. The molecule has 3 heterocycles. The highest BCUT2D eigenvalue weighted by molar-refractivity contribution is 5.91. The van der Waals surface area contributed by atoms with E-state index in [1.165, 1.54) is 12.8 Å². The van der Waals surface area contributed by atoms with Crippen molar-refractivity contribution in [3.8, 4) is 6.07 Å². The lowest BCUT2D eigenvalue weighted by molar-refractivity contribution is 0.0742. The molecule has 4 rings (SSSR count). The van der Waals surface area contributed by atoms with Crippen molar-refractivity contribution in [2.24, 2.45) is 5.41 Å². The van der Waals surface area contributed by atoms with Crippen LogP contribution in [0.3, 0.4) is 0 Å². The van der Waals surface area contributed by atoms with E-state index >= 15 is 0 Å². The fourth-order valence-electron chi connectivity index (χ4n) is 3.79. The first-order chi connectivity index (χ1) is 11.8. The van der Waals surface area contributed by atoms with Crippen LogP contribution >= 0.6 is 0 Å². The number of aromatic amines is 1. The van der Waals surface area contributed by atoms with Gasteiger partial charge in [-0.1, -0.05) is 0 Å². The van der Waals surface area contributed by atoms with Gasteiger partial charge < -0.3 is 15.0 Å². The number of nitriles is 1. The minimum absolute atomic E-state index is 0.111. The van der Waals surface area contributed by atoms with E-state index in [9.17, 15) is 15.2 Å². The predicted octanol–water partition coefficient (Wildman–Crippen LogP) is 2.40. The van der Waals surface area contributed by atoms with Crippen LogP contribution in [0, 0.1) is 16.7 Å². The van der Waals surface area contributed by atoms with Crippen molar-refractivity contribution in [1.82, 2.24) is 9.97 Å². The van der Waals surface area contributed by atoms with Crippen LogP contribution in [-0.4, -0.2) is 28.2 Å². The molecule has 2 fully saturated rings. The molecule has 6 nitrogen and oxygen atoms in total. The number of H-pyrrole nitrogens is 1. The summed E-state index contributed by atoms with van der Waals surface area (Å²) in [7, 11) is 0. The fraction of sp³-hybridized carbons (Fsp3) is 0.526. The number of hydrogen-bond acceptors (Lipinski definition) is 5. The normalized spacial score (nSPS) is 19.2. The summed E-state index contributed by atoms with van der Waals surface area (Å²) in [4.78, 5) is 21.9. The quantitative estimate of drug-likeness (QED) is 0.877. The molecule has 0 aromatic carbocycles. The van der Waals surface area contributed by atoms with Crippen LogP contribution in [0.15, 0.2) is 16.9 Å². The van der Waals surface area contributed by atoms with E-state index in [2.05, 4.69) is 20.9 Å². The number of hydrogen-bond donors (Lipinski definition) is 2. The molecule has 1 aliphatic carbocycles. The van der Waals surface area contributed by atoms with Crippen molar-refractivity contribution < 1.29 is 5.11 Å². The molecule has 0 amide bonds. The molecule has 1 aliphatic heterocycles. The standard InChI is InChI=1S/C19H22N4O2/c1-18(2,25)14-4-3-13-15(22-14)16(12(11-20)17(24)21-13)23-9-7-19(5-6-19)8-10-23/h3-4,25H,5-10H2,1-2H3,(H,21,24). The number of piperidine rings is 1. The zero-order valence-electron chi connectivity index (χ0n) is 14.6. The predicted molar refractivity (Wildman–Crippen MR) is 95.4 cm³/mol. The van der Waals surface area contributed by atoms with Crippen LogP contribution in [0.4, 0.5) is 5.69 Å². The van der Waals surface area contributed by atoms with E-state index in [1.807, 2.05) is 0 Å². The van der Waals surface area contributed by atoms with E-state index in [4.69, 9.17) is 0 Å². The zero-order chi connectivity index (χ0) is 17.8. The summed E-state index contributed by atoms with van der Waals surface area (Å²) in [5.41, 5.74) is 1.46. The summed E-state index contributed by atoms with van der Waals surface area (Å²) in [6.07, 6.45) is 4.78. The molecule has 6 heteroatoms. The molecule has 2 N–H and O–H groups in total. The Kier molecular flexibility index (Phi) is 3.41. The van der Waals surface area contributed by atoms with E-state index in [1.54, 1.807) is 26.0 Å². The van der Waals surface area contributed by atoms with Gasteiger partial charge in [0, 0.05) is 13.1 Å². The number of aliphatic hydroxyl groups is 1. The second-order valence-electron chi connectivity index (χ2n) is 7.93. The molecule has 0 bridgehead atoms. The minimum atomic E-state index is -1.09. The van der Waals surface area contributed by atoms with Crippen molar-refractivity contribution in [2.75, 3.05) is 18.0 Å². The largest absolute Gasteiger partial charge is 0.384 e. The lowest BCUT2D eigenvalue weighted by Crippen LogP contribution is -2.36. The summed E-state index contributed by atoms with van der Waals surface area (Å²) >= 11 is 0. The van der Waals surface area contributed by atoms with Gasteiger partial charge in [0.25, 0.3) is 5.56 Å². The Morgan fingerprint density at radius 1 is 1.28 bits per heavy atom. The minimum Gasteiger partial charge on any atom is -0.384 e. The summed E-state index contributed by atoms with van der Waals surface area (Å²) in [5, 5.41) is 19.9. The first-order valence-electron chi connectivity index (χ1n) is 8.78. The summed E-state index contributed by atoms with van der Waals surface area (Å²) in [5.74, 6) is 0. The Morgan fingerprint density at radius 2 is 1.96 bits per heavy atom. The average Bonchev–Trinajstić information content (AvgIpc) is 3.32. The molecule has 130 valence electrons. The average molecular weight is 338 g/mol. The molecule has 25 heavy (non-hydrogen) atoms. The lowest BCUT2D eigenvalue weighted by atomic mass is 9.93. The number of pyridine rings is 2. The smallest absolute Gasteiger partial charge is 0.268 e. The molecule has 0 unspecified atom stereocenters. The highest BCUT2D eigenvalue weighted by Gasteiger charge is 2.45. The number of nitrogens with zero attached hydrogens (tertiary/aromatic N) is 3. The van der Waals surface area contributed by atoms with Gasteiger partial charge in [-0.25, -0.2) is 4.98 Å². The van der Waals surface area contributed by atoms with Crippen LogP contribution in [0.1, 0.15) is 50.8 Å².